The van der Waals surface area contributed by atoms with Gasteiger partial charge in [-0.25, -0.2) is 4.98 Å². The Labute approximate surface area is 123 Å². The van der Waals surface area contributed by atoms with E-state index in [1.165, 1.54) is 9.75 Å². The monoisotopic (exact) mass is 294 g/mol. The van der Waals surface area contributed by atoms with Crippen molar-refractivity contribution < 1.29 is 0 Å². The fourth-order valence-corrected chi connectivity index (χ4v) is 3.91. The smallest absolute Gasteiger partial charge is 0.133 e. The maximum atomic E-state index is 4.76. The number of nitrogens with one attached hydrogen (secondary N) is 1. The fourth-order valence-electron chi connectivity index (χ4n) is 1.86. The molecule has 0 bridgehead atoms. The standard InChI is InChI=1S/C15H22N2S2/c1-6-16-10(2)11-9-18-14(17-11)12-7-8-13(19-12)15(3,4)5/h7-10,16H,6H2,1-5H3. The lowest BCUT2D eigenvalue weighted by atomic mass is 9.95. The molecule has 4 heteroatoms. The summed E-state index contributed by atoms with van der Waals surface area (Å²) in [6, 6.07) is 4.76. The number of thiazole rings is 1. The molecule has 0 aliphatic carbocycles. The summed E-state index contributed by atoms with van der Waals surface area (Å²) in [7, 11) is 0. The van der Waals surface area contributed by atoms with Gasteiger partial charge in [-0.2, -0.15) is 0 Å². The summed E-state index contributed by atoms with van der Waals surface area (Å²) in [5, 5.41) is 6.71. The van der Waals surface area contributed by atoms with Gasteiger partial charge in [-0.3, -0.25) is 0 Å². The van der Waals surface area contributed by atoms with Crippen LogP contribution < -0.4 is 5.32 Å². The highest BCUT2D eigenvalue weighted by atomic mass is 32.1. The van der Waals surface area contributed by atoms with Crippen LogP contribution in [0.25, 0.3) is 9.88 Å². The molecule has 0 radical (unpaired) electrons. The zero-order valence-electron chi connectivity index (χ0n) is 12.3. The third-order valence-electron chi connectivity index (χ3n) is 3.03. The van der Waals surface area contributed by atoms with Crippen LogP contribution in [0.3, 0.4) is 0 Å². The molecule has 0 spiro atoms. The van der Waals surface area contributed by atoms with Crippen molar-refractivity contribution >= 4 is 22.7 Å². The van der Waals surface area contributed by atoms with E-state index in [2.05, 4.69) is 57.4 Å². The molecule has 0 fully saturated rings. The summed E-state index contributed by atoms with van der Waals surface area (Å²) in [5.41, 5.74) is 1.37. The lowest BCUT2D eigenvalue weighted by Crippen LogP contribution is -2.17. The first-order chi connectivity index (χ1) is 8.91. The molecule has 2 aromatic heterocycles. The van der Waals surface area contributed by atoms with Crippen LogP contribution in [0.4, 0.5) is 0 Å². The van der Waals surface area contributed by atoms with E-state index in [0.717, 1.165) is 17.2 Å². The van der Waals surface area contributed by atoms with Gasteiger partial charge in [0.15, 0.2) is 0 Å². The van der Waals surface area contributed by atoms with Gasteiger partial charge in [-0.05, 0) is 31.0 Å². The van der Waals surface area contributed by atoms with Crippen LogP contribution >= 0.6 is 22.7 Å². The molecule has 104 valence electrons. The van der Waals surface area contributed by atoms with Crippen LogP contribution in [0.5, 0.6) is 0 Å². The SMILES string of the molecule is CCNC(C)c1csc(-c2ccc(C(C)(C)C)s2)n1. The topological polar surface area (TPSA) is 24.9 Å². The summed E-state index contributed by atoms with van der Waals surface area (Å²) in [4.78, 5) is 7.46. The first-order valence-electron chi connectivity index (χ1n) is 6.71. The molecule has 2 heterocycles. The number of nitrogens with zero attached hydrogens (tertiary/aromatic N) is 1. The normalized spacial score (nSPS) is 13.7. The summed E-state index contributed by atoms with van der Waals surface area (Å²) in [6.45, 7) is 12.0. The van der Waals surface area contributed by atoms with E-state index in [0.29, 0.717) is 6.04 Å². The van der Waals surface area contributed by atoms with E-state index < -0.39 is 0 Å². The predicted molar refractivity (Wildman–Crippen MR) is 86.2 cm³/mol. The minimum absolute atomic E-state index is 0.222. The van der Waals surface area contributed by atoms with Gasteiger partial charge >= 0.3 is 0 Å². The lowest BCUT2D eigenvalue weighted by molar-refractivity contribution is 0.587. The second-order valence-electron chi connectivity index (χ2n) is 5.77. The molecule has 0 aliphatic heterocycles. The summed E-state index contributed by atoms with van der Waals surface area (Å²) in [6.07, 6.45) is 0. The van der Waals surface area contributed by atoms with E-state index in [4.69, 9.17) is 4.98 Å². The van der Waals surface area contributed by atoms with E-state index in [1.807, 2.05) is 11.3 Å². The molecule has 2 nitrogen and oxygen atoms in total. The Morgan fingerprint density at radius 1 is 1.32 bits per heavy atom. The molecule has 0 saturated carbocycles. The number of hydrogen-bond acceptors (Lipinski definition) is 4. The van der Waals surface area contributed by atoms with E-state index >= 15 is 0 Å². The van der Waals surface area contributed by atoms with Crippen molar-refractivity contribution in [1.29, 1.82) is 0 Å². The van der Waals surface area contributed by atoms with Crippen LogP contribution in [-0.4, -0.2) is 11.5 Å². The molecule has 0 saturated heterocycles. The molecular weight excluding hydrogens is 272 g/mol. The number of rotatable bonds is 4. The number of hydrogen-bond donors (Lipinski definition) is 1. The highest BCUT2D eigenvalue weighted by Gasteiger charge is 2.18. The van der Waals surface area contributed by atoms with Crippen LogP contribution in [0.1, 0.15) is 51.2 Å². The molecule has 0 aliphatic rings. The van der Waals surface area contributed by atoms with E-state index in [9.17, 15) is 0 Å². The summed E-state index contributed by atoms with van der Waals surface area (Å²) < 4.78 is 0. The number of aromatic nitrogens is 1. The molecule has 0 amide bonds. The zero-order chi connectivity index (χ0) is 14.0. The van der Waals surface area contributed by atoms with Crippen molar-refractivity contribution in [2.75, 3.05) is 6.54 Å². The first kappa shape index (κ1) is 14.7. The van der Waals surface area contributed by atoms with Crippen molar-refractivity contribution in [3.63, 3.8) is 0 Å². The predicted octanol–water partition coefficient (Wildman–Crippen LogP) is 4.84. The zero-order valence-corrected chi connectivity index (χ0v) is 13.9. The Morgan fingerprint density at radius 2 is 2.05 bits per heavy atom. The van der Waals surface area contributed by atoms with Crippen molar-refractivity contribution in [3.8, 4) is 9.88 Å². The van der Waals surface area contributed by atoms with Gasteiger partial charge in [0.1, 0.15) is 5.01 Å². The van der Waals surface area contributed by atoms with Gasteiger partial charge in [0.05, 0.1) is 10.6 Å². The molecule has 1 unspecified atom stereocenters. The van der Waals surface area contributed by atoms with Gasteiger partial charge in [-0.1, -0.05) is 27.7 Å². The van der Waals surface area contributed by atoms with Gasteiger partial charge in [-0.15, -0.1) is 22.7 Å². The third kappa shape index (κ3) is 3.44. The Balaban J connectivity index is 2.21. The largest absolute Gasteiger partial charge is 0.309 e. The van der Waals surface area contributed by atoms with Crippen LogP contribution in [-0.2, 0) is 5.41 Å². The molecule has 19 heavy (non-hydrogen) atoms. The first-order valence-corrected chi connectivity index (χ1v) is 8.41. The van der Waals surface area contributed by atoms with E-state index in [1.54, 1.807) is 11.3 Å². The molecule has 2 aromatic rings. The van der Waals surface area contributed by atoms with Crippen molar-refractivity contribution in [2.24, 2.45) is 0 Å². The van der Waals surface area contributed by atoms with Crippen LogP contribution in [0.15, 0.2) is 17.5 Å². The van der Waals surface area contributed by atoms with E-state index in [-0.39, 0.29) is 5.41 Å². The molecule has 1 atom stereocenters. The molecule has 0 aromatic carbocycles. The fraction of sp³-hybridized carbons (Fsp3) is 0.533. The Morgan fingerprint density at radius 3 is 2.63 bits per heavy atom. The van der Waals surface area contributed by atoms with Crippen molar-refractivity contribution in [1.82, 2.24) is 10.3 Å². The average Bonchev–Trinajstić information content (AvgIpc) is 2.97. The van der Waals surface area contributed by atoms with Gasteiger partial charge in [0.2, 0.25) is 0 Å². The highest BCUT2D eigenvalue weighted by Crippen LogP contribution is 2.36. The van der Waals surface area contributed by atoms with Gasteiger partial charge in [0, 0.05) is 16.3 Å². The molecule has 2 rings (SSSR count). The van der Waals surface area contributed by atoms with Crippen molar-refractivity contribution in [2.45, 2.75) is 46.1 Å². The Hall–Kier alpha value is -0.710. The Kier molecular flexibility index (Phi) is 4.43. The lowest BCUT2D eigenvalue weighted by Gasteiger charge is -2.15. The van der Waals surface area contributed by atoms with Crippen molar-refractivity contribution in [3.05, 3.63) is 28.1 Å². The second-order valence-corrected chi connectivity index (χ2v) is 7.71. The van der Waals surface area contributed by atoms with Crippen LogP contribution in [0, 0.1) is 0 Å². The third-order valence-corrected chi connectivity index (χ3v) is 5.57. The summed E-state index contributed by atoms with van der Waals surface area (Å²) in [5.74, 6) is 0. The summed E-state index contributed by atoms with van der Waals surface area (Å²) >= 11 is 3.60. The highest BCUT2D eigenvalue weighted by molar-refractivity contribution is 7.21. The second kappa shape index (κ2) is 5.73. The molecule has 1 N–H and O–H groups in total. The molecular formula is C15H22N2S2. The minimum atomic E-state index is 0.222. The maximum Gasteiger partial charge on any atom is 0.133 e. The van der Waals surface area contributed by atoms with Crippen LogP contribution in [0.2, 0.25) is 0 Å². The average molecular weight is 294 g/mol. The number of thiophene rings is 1. The van der Waals surface area contributed by atoms with Gasteiger partial charge < -0.3 is 5.32 Å². The minimum Gasteiger partial charge on any atom is -0.309 e. The quantitative estimate of drug-likeness (QED) is 0.872. The maximum absolute atomic E-state index is 4.76. The van der Waals surface area contributed by atoms with Gasteiger partial charge in [0.25, 0.3) is 0 Å². The Bertz CT molecular complexity index is 534.